The van der Waals surface area contributed by atoms with Gasteiger partial charge in [0.2, 0.25) is 15.9 Å². The van der Waals surface area contributed by atoms with Gasteiger partial charge in [-0.3, -0.25) is 0 Å². The van der Waals surface area contributed by atoms with E-state index in [0.29, 0.717) is 22.2 Å². The molecular formula is C19H21N3O4S. The summed E-state index contributed by atoms with van der Waals surface area (Å²) in [5, 5.41) is 7.98. The number of nitrogens with zero attached hydrogens (tertiary/aromatic N) is 2. The van der Waals surface area contributed by atoms with Crippen LogP contribution in [0.25, 0.3) is 11.5 Å². The van der Waals surface area contributed by atoms with Crippen molar-refractivity contribution in [2.75, 3.05) is 13.2 Å². The molecular weight excluding hydrogens is 366 g/mol. The van der Waals surface area contributed by atoms with Crippen molar-refractivity contribution in [1.29, 1.82) is 0 Å². The summed E-state index contributed by atoms with van der Waals surface area (Å²) in [7, 11) is -3.61. The number of rotatable bonds is 7. The molecule has 0 atom stereocenters. The fraction of sp³-hybridized carbons (Fsp3) is 0.263. The van der Waals surface area contributed by atoms with Gasteiger partial charge in [-0.2, -0.15) is 0 Å². The maximum atomic E-state index is 12.6. The Labute approximate surface area is 158 Å². The fourth-order valence-corrected chi connectivity index (χ4v) is 4.41. The Balaban J connectivity index is 1.57. The summed E-state index contributed by atoms with van der Waals surface area (Å²) >= 11 is 0. The van der Waals surface area contributed by atoms with Gasteiger partial charge in [-0.1, -0.05) is 17.7 Å². The van der Waals surface area contributed by atoms with Crippen molar-refractivity contribution in [3.05, 3.63) is 59.4 Å². The summed E-state index contributed by atoms with van der Waals surface area (Å²) in [5.74, 6) is 0.929. The molecule has 0 bridgehead atoms. The molecule has 7 nitrogen and oxygen atoms in total. The van der Waals surface area contributed by atoms with Gasteiger partial charge in [-0.05, 0) is 50.1 Å². The van der Waals surface area contributed by atoms with E-state index < -0.39 is 10.0 Å². The molecule has 0 saturated carbocycles. The van der Waals surface area contributed by atoms with E-state index in [-0.39, 0.29) is 13.2 Å². The predicted octanol–water partition coefficient (Wildman–Crippen LogP) is 3.02. The molecule has 0 spiro atoms. The molecule has 0 saturated heterocycles. The highest BCUT2D eigenvalue weighted by Crippen LogP contribution is 2.21. The average molecular weight is 387 g/mol. The number of furan rings is 1. The van der Waals surface area contributed by atoms with E-state index in [4.69, 9.17) is 9.15 Å². The second kappa shape index (κ2) is 7.89. The van der Waals surface area contributed by atoms with E-state index >= 15 is 0 Å². The molecule has 3 aromatic rings. The second-order valence-electron chi connectivity index (χ2n) is 6.21. The van der Waals surface area contributed by atoms with Crippen LogP contribution in [0.15, 0.2) is 52.0 Å². The van der Waals surface area contributed by atoms with Crippen molar-refractivity contribution in [3.63, 3.8) is 0 Å². The zero-order valence-electron chi connectivity index (χ0n) is 15.4. The lowest BCUT2D eigenvalue weighted by Gasteiger charge is -2.13. The monoisotopic (exact) mass is 387 g/mol. The minimum atomic E-state index is -3.61. The second-order valence-corrected chi connectivity index (χ2v) is 7.91. The van der Waals surface area contributed by atoms with E-state index in [9.17, 15) is 8.42 Å². The Hall–Kier alpha value is -2.71. The first-order valence-corrected chi connectivity index (χ1v) is 9.93. The first-order valence-electron chi connectivity index (χ1n) is 8.45. The molecule has 2 heterocycles. The van der Waals surface area contributed by atoms with Gasteiger partial charge in [-0.15, -0.1) is 10.2 Å². The first-order chi connectivity index (χ1) is 12.9. The summed E-state index contributed by atoms with van der Waals surface area (Å²) in [5.41, 5.74) is 3.07. The van der Waals surface area contributed by atoms with Gasteiger partial charge in [-0.25, -0.2) is 13.1 Å². The third-order valence-electron chi connectivity index (χ3n) is 3.93. The van der Waals surface area contributed by atoms with Crippen LogP contribution in [0.3, 0.4) is 0 Å². The number of aryl methyl sites for hydroxylation is 3. The number of benzene rings is 1. The van der Waals surface area contributed by atoms with Crippen molar-refractivity contribution in [1.82, 2.24) is 14.9 Å². The van der Waals surface area contributed by atoms with E-state index in [1.54, 1.807) is 44.4 Å². The minimum Gasteiger partial charge on any atom is -0.475 e. The lowest BCUT2D eigenvalue weighted by Crippen LogP contribution is -2.29. The maximum Gasteiger partial charge on any atom is 0.241 e. The summed E-state index contributed by atoms with van der Waals surface area (Å²) in [4.78, 5) is 0.315. The van der Waals surface area contributed by atoms with Gasteiger partial charge in [0.25, 0.3) is 0 Å². The number of ether oxygens (including phenoxy) is 1. The van der Waals surface area contributed by atoms with Crippen molar-refractivity contribution in [3.8, 4) is 17.3 Å². The molecule has 0 amide bonds. The third-order valence-corrected chi connectivity index (χ3v) is 5.70. The third kappa shape index (κ3) is 4.53. The van der Waals surface area contributed by atoms with Gasteiger partial charge in [0.15, 0.2) is 5.76 Å². The van der Waals surface area contributed by atoms with E-state index in [2.05, 4.69) is 14.9 Å². The van der Waals surface area contributed by atoms with Gasteiger partial charge >= 0.3 is 0 Å². The van der Waals surface area contributed by atoms with Crippen molar-refractivity contribution in [2.45, 2.75) is 25.7 Å². The molecule has 0 unspecified atom stereocenters. The van der Waals surface area contributed by atoms with Gasteiger partial charge in [0.05, 0.1) is 11.2 Å². The SMILES string of the molecule is Cc1cc(C)c(S(=O)(=O)NCCOc2ccc(-c3ccco3)nn2)c(C)c1. The summed E-state index contributed by atoms with van der Waals surface area (Å²) < 4.78 is 38.4. The Morgan fingerprint density at radius 3 is 2.41 bits per heavy atom. The summed E-state index contributed by atoms with van der Waals surface area (Å²) in [6.45, 7) is 5.78. The highest BCUT2D eigenvalue weighted by molar-refractivity contribution is 7.89. The van der Waals surface area contributed by atoms with Gasteiger partial charge in [0.1, 0.15) is 12.3 Å². The molecule has 3 rings (SSSR count). The standard InChI is InChI=1S/C19H21N3O4S/c1-13-11-14(2)19(15(3)12-13)27(23,24)20-8-10-26-18-7-6-16(21-22-18)17-5-4-9-25-17/h4-7,9,11-12,20H,8,10H2,1-3H3. The smallest absolute Gasteiger partial charge is 0.241 e. The molecule has 1 aromatic carbocycles. The number of hydrogen-bond acceptors (Lipinski definition) is 6. The minimum absolute atomic E-state index is 0.122. The van der Waals surface area contributed by atoms with Crippen LogP contribution in [-0.2, 0) is 10.0 Å². The van der Waals surface area contributed by atoms with Crippen LogP contribution in [-0.4, -0.2) is 31.8 Å². The largest absolute Gasteiger partial charge is 0.475 e. The maximum absolute atomic E-state index is 12.6. The molecule has 0 aliphatic heterocycles. The van der Waals surface area contributed by atoms with Crippen LogP contribution in [0.2, 0.25) is 0 Å². The van der Waals surface area contributed by atoms with Crippen molar-refractivity contribution in [2.24, 2.45) is 0 Å². The average Bonchev–Trinajstić information content (AvgIpc) is 3.12. The van der Waals surface area contributed by atoms with Crippen LogP contribution in [0.1, 0.15) is 16.7 Å². The number of hydrogen-bond donors (Lipinski definition) is 1. The predicted molar refractivity (Wildman–Crippen MR) is 101 cm³/mol. The van der Waals surface area contributed by atoms with Crippen molar-refractivity contribution < 1.29 is 17.6 Å². The summed E-state index contributed by atoms with van der Waals surface area (Å²) in [6, 6.07) is 10.7. The molecule has 27 heavy (non-hydrogen) atoms. The molecule has 0 aliphatic rings. The molecule has 1 N–H and O–H groups in total. The van der Waals surface area contributed by atoms with Crippen LogP contribution in [0.5, 0.6) is 5.88 Å². The van der Waals surface area contributed by atoms with Crippen LogP contribution in [0, 0.1) is 20.8 Å². The van der Waals surface area contributed by atoms with Crippen LogP contribution >= 0.6 is 0 Å². The molecule has 8 heteroatoms. The van der Waals surface area contributed by atoms with Crippen molar-refractivity contribution >= 4 is 10.0 Å². The normalized spacial score (nSPS) is 11.5. The molecule has 2 aromatic heterocycles. The highest BCUT2D eigenvalue weighted by Gasteiger charge is 2.19. The zero-order valence-corrected chi connectivity index (χ0v) is 16.2. The lowest BCUT2D eigenvalue weighted by molar-refractivity contribution is 0.307. The summed E-state index contributed by atoms with van der Waals surface area (Å²) in [6.07, 6.45) is 1.56. The molecule has 0 fully saturated rings. The Morgan fingerprint density at radius 1 is 1.07 bits per heavy atom. The lowest BCUT2D eigenvalue weighted by atomic mass is 10.1. The van der Waals surface area contributed by atoms with Gasteiger partial charge < -0.3 is 9.15 Å². The highest BCUT2D eigenvalue weighted by atomic mass is 32.2. The Bertz CT molecular complexity index is 991. The topological polar surface area (TPSA) is 94.3 Å². The van der Waals surface area contributed by atoms with E-state index in [1.165, 1.54) is 0 Å². The molecule has 142 valence electrons. The van der Waals surface area contributed by atoms with Crippen LogP contribution < -0.4 is 9.46 Å². The van der Waals surface area contributed by atoms with Gasteiger partial charge in [0, 0.05) is 12.6 Å². The Kier molecular flexibility index (Phi) is 5.57. The van der Waals surface area contributed by atoms with Crippen LogP contribution in [0.4, 0.5) is 0 Å². The zero-order chi connectivity index (χ0) is 19.4. The first kappa shape index (κ1) is 19.1. The van der Waals surface area contributed by atoms with E-state index in [1.807, 2.05) is 19.1 Å². The number of sulfonamides is 1. The molecule has 0 aliphatic carbocycles. The molecule has 0 radical (unpaired) electrons. The van der Waals surface area contributed by atoms with E-state index in [0.717, 1.165) is 16.7 Å². The quantitative estimate of drug-likeness (QED) is 0.626. The fourth-order valence-electron chi connectivity index (χ4n) is 2.95. The number of nitrogens with one attached hydrogen (secondary N) is 1. The Morgan fingerprint density at radius 2 is 1.81 bits per heavy atom. The number of aromatic nitrogens is 2.